The number of thiazole rings is 1. The fourth-order valence-corrected chi connectivity index (χ4v) is 3.78. The van der Waals surface area contributed by atoms with Crippen molar-refractivity contribution in [3.8, 4) is 0 Å². The van der Waals surface area contributed by atoms with E-state index < -0.39 is 0 Å². The van der Waals surface area contributed by atoms with E-state index in [2.05, 4.69) is 41.3 Å². The molecule has 0 radical (unpaired) electrons. The zero-order valence-corrected chi connectivity index (χ0v) is 15.4. The summed E-state index contributed by atoms with van der Waals surface area (Å²) in [7, 11) is 1.91. The van der Waals surface area contributed by atoms with E-state index in [9.17, 15) is 4.79 Å². The maximum Gasteiger partial charge on any atom is 0.318 e. The summed E-state index contributed by atoms with van der Waals surface area (Å²) in [5.74, 6) is 0.839. The van der Waals surface area contributed by atoms with E-state index in [4.69, 9.17) is 0 Å². The van der Waals surface area contributed by atoms with E-state index in [0.717, 1.165) is 35.9 Å². The van der Waals surface area contributed by atoms with E-state index in [1.807, 2.05) is 21.9 Å². The van der Waals surface area contributed by atoms with E-state index in [0.29, 0.717) is 6.54 Å². The van der Waals surface area contributed by atoms with Gasteiger partial charge in [-0.2, -0.15) is 0 Å². The number of rotatable bonds is 3. The minimum atomic E-state index is -0.0641. The van der Waals surface area contributed by atoms with E-state index in [1.54, 1.807) is 17.7 Å². The number of aryl methyl sites for hydroxylation is 1. The number of aromatic nitrogens is 4. The number of nitrogens with one attached hydrogen (secondary N) is 1. The molecule has 8 heteroatoms. The van der Waals surface area contributed by atoms with Gasteiger partial charge >= 0.3 is 6.03 Å². The van der Waals surface area contributed by atoms with Crippen molar-refractivity contribution in [2.75, 3.05) is 6.54 Å². The Morgan fingerprint density at radius 3 is 2.88 bits per heavy atom. The predicted molar refractivity (Wildman–Crippen MR) is 92.7 cm³/mol. The number of likely N-dealkylation sites (tertiary alicyclic amines) is 1. The molecule has 0 unspecified atom stereocenters. The standard InChI is InChI=1S/C16H24N6OS/c1-16(2,3)14-19-11(9-24-14)8-17-15(23)22-7-5-6-12(22)13-20-18-10-21(13)4/h9-10,12H,5-8H2,1-4H3,(H,17,23)/t12-/m0/s1. The molecule has 3 rings (SSSR count). The Morgan fingerprint density at radius 1 is 1.46 bits per heavy atom. The van der Waals surface area contributed by atoms with Crippen molar-refractivity contribution in [2.45, 2.75) is 51.6 Å². The lowest BCUT2D eigenvalue weighted by Crippen LogP contribution is -2.39. The van der Waals surface area contributed by atoms with Crippen molar-refractivity contribution in [2.24, 2.45) is 7.05 Å². The Kier molecular flexibility index (Phi) is 4.58. The van der Waals surface area contributed by atoms with Crippen LogP contribution in [0.1, 0.15) is 56.2 Å². The molecule has 1 atom stereocenters. The molecule has 0 saturated carbocycles. The third-order valence-corrected chi connectivity index (χ3v) is 5.49. The fourth-order valence-electron chi connectivity index (χ4n) is 2.87. The lowest BCUT2D eigenvalue weighted by Gasteiger charge is -2.24. The molecule has 0 aliphatic carbocycles. The van der Waals surface area contributed by atoms with Crippen LogP contribution in [0, 0.1) is 0 Å². The van der Waals surface area contributed by atoms with Gasteiger partial charge in [-0.15, -0.1) is 21.5 Å². The maximum absolute atomic E-state index is 12.6. The highest BCUT2D eigenvalue weighted by molar-refractivity contribution is 7.09. The Labute approximate surface area is 146 Å². The summed E-state index contributed by atoms with van der Waals surface area (Å²) in [4.78, 5) is 19.0. The Morgan fingerprint density at radius 2 is 2.25 bits per heavy atom. The van der Waals surface area contributed by atoms with Gasteiger partial charge in [0.05, 0.1) is 23.3 Å². The van der Waals surface area contributed by atoms with Crippen LogP contribution in [0.5, 0.6) is 0 Å². The first-order valence-electron chi connectivity index (χ1n) is 8.19. The molecule has 1 aliphatic heterocycles. The summed E-state index contributed by atoms with van der Waals surface area (Å²) in [6, 6.07) is -0.0659. The zero-order chi connectivity index (χ0) is 17.3. The fraction of sp³-hybridized carbons (Fsp3) is 0.625. The molecule has 2 aromatic rings. The maximum atomic E-state index is 12.6. The third kappa shape index (κ3) is 3.43. The number of hydrogen-bond acceptors (Lipinski definition) is 5. The normalized spacial score (nSPS) is 18.2. The molecule has 0 bridgehead atoms. The first-order chi connectivity index (χ1) is 11.4. The molecule has 24 heavy (non-hydrogen) atoms. The molecule has 1 N–H and O–H groups in total. The van der Waals surface area contributed by atoms with E-state index in [-0.39, 0.29) is 17.5 Å². The lowest BCUT2D eigenvalue weighted by atomic mass is 9.98. The van der Waals surface area contributed by atoms with Gasteiger partial charge in [0.1, 0.15) is 6.33 Å². The van der Waals surface area contributed by atoms with E-state index >= 15 is 0 Å². The van der Waals surface area contributed by atoms with Crippen molar-refractivity contribution in [1.29, 1.82) is 0 Å². The molecule has 1 saturated heterocycles. The number of hydrogen-bond donors (Lipinski definition) is 1. The van der Waals surface area contributed by atoms with Gasteiger partial charge in [0.15, 0.2) is 5.82 Å². The molecule has 1 fully saturated rings. The number of carbonyl (C=O) groups excluding carboxylic acids is 1. The van der Waals surface area contributed by atoms with Crippen LogP contribution in [0.4, 0.5) is 4.79 Å². The largest absolute Gasteiger partial charge is 0.332 e. The number of urea groups is 1. The van der Waals surface area contributed by atoms with Gasteiger partial charge < -0.3 is 14.8 Å². The quantitative estimate of drug-likeness (QED) is 0.925. The van der Waals surface area contributed by atoms with Crippen molar-refractivity contribution in [3.05, 3.63) is 28.2 Å². The summed E-state index contributed by atoms with van der Waals surface area (Å²) < 4.78 is 1.88. The van der Waals surface area contributed by atoms with Crippen molar-refractivity contribution >= 4 is 17.4 Å². The number of carbonyl (C=O) groups is 1. The van der Waals surface area contributed by atoms with Gasteiger partial charge in [0, 0.05) is 24.4 Å². The Hall–Kier alpha value is -1.96. The molecule has 2 amide bonds. The van der Waals surface area contributed by atoms with E-state index in [1.165, 1.54) is 0 Å². The highest BCUT2D eigenvalue weighted by atomic mass is 32.1. The second-order valence-corrected chi connectivity index (χ2v) is 8.06. The summed E-state index contributed by atoms with van der Waals surface area (Å²) in [6.07, 6.45) is 3.58. The minimum absolute atomic E-state index is 0.00179. The Balaban J connectivity index is 1.62. The van der Waals surface area contributed by atoms with Crippen LogP contribution in [0.2, 0.25) is 0 Å². The minimum Gasteiger partial charge on any atom is -0.332 e. The average Bonchev–Trinajstić information content (AvgIpc) is 3.23. The molecule has 3 heterocycles. The topological polar surface area (TPSA) is 75.9 Å². The van der Waals surface area contributed by atoms with Crippen LogP contribution >= 0.6 is 11.3 Å². The van der Waals surface area contributed by atoms with Crippen LogP contribution in [-0.4, -0.2) is 37.2 Å². The van der Waals surface area contributed by atoms with Crippen LogP contribution in [0.3, 0.4) is 0 Å². The van der Waals surface area contributed by atoms with Crippen molar-refractivity contribution in [1.82, 2.24) is 30.0 Å². The first kappa shape index (κ1) is 16.9. The molecule has 0 aromatic carbocycles. The van der Waals surface area contributed by atoms with Gasteiger partial charge in [-0.25, -0.2) is 9.78 Å². The second kappa shape index (κ2) is 6.51. The van der Waals surface area contributed by atoms with Crippen LogP contribution in [-0.2, 0) is 19.0 Å². The molecule has 0 spiro atoms. The van der Waals surface area contributed by atoms with Gasteiger partial charge in [-0.3, -0.25) is 0 Å². The molecule has 130 valence electrons. The van der Waals surface area contributed by atoms with Gasteiger partial charge in [-0.05, 0) is 12.8 Å². The lowest BCUT2D eigenvalue weighted by molar-refractivity contribution is 0.189. The molecule has 7 nitrogen and oxygen atoms in total. The van der Waals surface area contributed by atoms with Crippen LogP contribution < -0.4 is 5.32 Å². The summed E-state index contributed by atoms with van der Waals surface area (Å²) in [6.45, 7) is 7.62. The average molecular weight is 348 g/mol. The highest BCUT2D eigenvalue weighted by Gasteiger charge is 2.32. The smallest absolute Gasteiger partial charge is 0.318 e. The Bertz CT molecular complexity index is 716. The highest BCUT2D eigenvalue weighted by Crippen LogP contribution is 2.30. The predicted octanol–water partition coefficient (Wildman–Crippen LogP) is 2.62. The SMILES string of the molecule is Cn1cnnc1[C@@H]1CCCN1C(=O)NCc1csc(C(C)(C)C)n1. The summed E-state index contributed by atoms with van der Waals surface area (Å²) in [5, 5.41) is 14.2. The van der Waals surface area contributed by atoms with Crippen molar-refractivity contribution in [3.63, 3.8) is 0 Å². The van der Waals surface area contributed by atoms with Gasteiger partial charge in [0.25, 0.3) is 0 Å². The molecular weight excluding hydrogens is 324 g/mol. The summed E-state index contributed by atoms with van der Waals surface area (Å²) >= 11 is 1.64. The number of nitrogens with zero attached hydrogens (tertiary/aromatic N) is 5. The van der Waals surface area contributed by atoms with Crippen LogP contribution in [0.15, 0.2) is 11.7 Å². The molecular formula is C16H24N6OS. The van der Waals surface area contributed by atoms with Crippen LogP contribution in [0.25, 0.3) is 0 Å². The summed E-state index contributed by atoms with van der Waals surface area (Å²) in [5.41, 5.74) is 0.950. The van der Waals surface area contributed by atoms with Crippen molar-refractivity contribution < 1.29 is 4.79 Å². The van der Waals surface area contributed by atoms with Gasteiger partial charge in [0.2, 0.25) is 0 Å². The monoisotopic (exact) mass is 348 g/mol. The molecule has 2 aromatic heterocycles. The van der Waals surface area contributed by atoms with Gasteiger partial charge in [-0.1, -0.05) is 20.8 Å². The molecule has 1 aliphatic rings. The second-order valence-electron chi connectivity index (χ2n) is 7.20. The zero-order valence-electron chi connectivity index (χ0n) is 14.6. The third-order valence-electron chi connectivity index (χ3n) is 4.17. The first-order valence-corrected chi connectivity index (χ1v) is 9.07. The number of amides is 2.